The Morgan fingerprint density at radius 2 is 1.95 bits per heavy atom. The molecule has 1 saturated heterocycles. The fourth-order valence-electron chi connectivity index (χ4n) is 3.05. The first-order chi connectivity index (χ1) is 9.74. The maximum absolute atomic E-state index is 12.5. The smallest absolute Gasteiger partial charge is 0.224 e. The van der Waals surface area contributed by atoms with Crippen molar-refractivity contribution in [3.63, 3.8) is 0 Å². The number of nitrogens with one attached hydrogen (secondary N) is 2. The molecule has 2 aliphatic rings. The summed E-state index contributed by atoms with van der Waals surface area (Å²) in [4.78, 5) is 24.0. The number of hydrogen-bond acceptors (Lipinski definition) is 3. The number of carbonyl (C=O) groups excluding carboxylic acids is 2. The molecule has 106 valence electrons. The van der Waals surface area contributed by atoms with E-state index in [4.69, 9.17) is 0 Å². The van der Waals surface area contributed by atoms with Gasteiger partial charge in [-0.25, -0.2) is 0 Å². The first-order valence-corrected chi connectivity index (χ1v) is 7.42. The lowest BCUT2D eigenvalue weighted by Gasteiger charge is -2.21. The summed E-state index contributed by atoms with van der Waals surface area (Å²) in [5.74, 6) is 0.473. The summed E-state index contributed by atoms with van der Waals surface area (Å²) < 4.78 is 0. The second-order valence-electron chi connectivity index (χ2n) is 5.66. The number of fused-ring (bicyclic) bond motifs is 1. The Hall–Kier alpha value is -1.68. The van der Waals surface area contributed by atoms with E-state index in [1.165, 1.54) is 0 Å². The van der Waals surface area contributed by atoms with Crippen LogP contribution in [0.15, 0.2) is 18.2 Å². The van der Waals surface area contributed by atoms with Gasteiger partial charge in [0.2, 0.25) is 5.91 Å². The molecule has 0 bridgehead atoms. The Bertz CT molecular complexity index is 533. The standard InChI is InChI=1S/C16H20N2O2/c19-15-3-1-2-12-10-13(4-5-14(12)18-15)16(20)11-6-8-17-9-7-11/h4-5,10-11,17H,1-3,6-9H2,(H,18,19). The van der Waals surface area contributed by atoms with E-state index in [0.717, 1.165) is 55.6 Å². The van der Waals surface area contributed by atoms with Gasteiger partial charge in [-0.2, -0.15) is 0 Å². The molecular formula is C16H20N2O2. The van der Waals surface area contributed by atoms with Crippen molar-refractivity contribution in [2.75, 3.05) is 18.4 Å². The Labute approximate surface area is 118 Å². The largest absolute Gasteiger partial charge is 0.326 e. The Morgan fingerprint density at radius 1 is 1.15 bits per heavy atom. The fraction of sp³-hybridized carbons (Fsp3) is 0.500. The molecule has 4 heteroatoms. The molecule has 1 amide bonds. The molecule has 2 heterocycles. The molecule has 0 unspecified atom stereocenters. The van der Waals surface area contributed by atoms with Gasteiger partial charge in [-0.05, 0) is 62.5 Å². The molecule has 0 aromatic heterocycles. The summed E-state index contributed by atoms with van der Waals surface area (Å²) in [6.45, 7) is 1.86. The minimum atomic E-state index is 0.0705. The lowest BCUT2D eigenvalue weighted by atomic mass is 9.88. The summed E-state index contributed by atoms with van der Waals surface area (Å²) in [7, 11) is 0. The number of benzene rings is 1. The van der Waals surface area contributed by atoms with Gasteiger partial charge in [0, 0.05) is 23.6 Å². The van der Waals surface area contributed by atoms with E-state index in [2.05, 4.69) is 10.6 Å². The van der Waals surface area contributed by atoms with Gasteiger partial charge in [0.15, 0.2) is 5.78 Å². The molecule has 1 aromatic rings. The maximum Gasteiger partial charge on any atom is 0.224 e. The third-order valence-corrected chi connectivity index (χ3v) is 4.22. The highest BCUT2D eigenvalue weighted by Gasteiger charge is 2.23. The highest BCUT2D eigenvalue weighted by Crippen LogP contribution is 2.26. The number of Topliss-reactive ketones (excluding diaryl/α,β-unsaturated/α-hetero) is 1. The lowest BCUT2D eigenvalue weighted by Crippen LogP contribution is -2.31. The van der Waals surface area contributed by atoms with Crippen LogP contribution in [0.2, 0.25) is 0 Å². The molecule has 0 atom stereocenters. The molecule has 20 heavy (non-hydrogen) atoms. The van der Waals surface area contributed by atoms with Crippen molar-refractivity contribution in [1.29, 1.82) is 0 Å². The third-order valence-electron chi connectivity index (χ3n) is 4.22. The van der Waals surface area contributed by atoms with Gasteiger partial charge in [0.25, 0.3) is 0 Å². The van der Waals surface area contributed by atoms with Crippen molar-refractivity contribution in [3.8, 4) is 0 Å². The first kappa shape index (κ1) is 13.3. The van der Waals surface area contributed by atoms with Crippen LogP contribution in [0.5, 0.6) is 0 Å². The van der Waals surface area contributed by atoms with Crippen molar-refractivity contribution in [2.45, 2.75) is 32.1 Å². The first-order valence-electron chi connectivity index (χ1n) is 7.42. The molecule has 3 rings (SSSR count). The highest BCUT2D eigenvalue weighted by atomic mass is 16.1. The third kappa shape index (κ3) is 2.75. The molecule has 2 N–H and O–H groups in total. The van der Waals surface area contributed by atoms with Crippen LogP contribution in [0, 0.1) is 5.92 Å². The fourth-order valence-corrected chi connectivity index (χ4v) is 3.05. The number of rotatable bonds is 2. The van der Waals surface area contributed by atoms with E-state index in [0.29, 0.717) is 6.42 Å². The van der Waals surface area contributed by atoms with E-state index in [1.807, 2.05) is 18.2 Å². The van der Waals surface area contributed by atoms with Crippen molar-refractivity contribution in [2.24, 2.45) is 5.92 Å². The summed E-state index contributed by atoms with van der Waals surface area (Å²) in [6, 6.07) is 5.72. The number of hydrogen-bond donors (Lipinski definition) is 2. The van der Waals surface area contributed by atoms with Crippen LogP contribution in [0.1, 0.15) is 41.6 Å². The van der Waals surface area contributed by atoms with Crippen LogP contribution in [0.4, 0.5) is 5.69 Å². The van der Waals surface area contributed by atoms with Gasteiger partial charge in [-0.3, -0.25) is 9.59 Å². The number of amides is 1. The second kappa shape index (κ2) is 5.75. The molecule has 1 fully saturated rings. The molecule has 2 aliphatic heterocycles. The predicted molar refractivity (Wildman–Crippen MR) is 77.9 cm³/mol. The lowest BCUT2D eigenvalue weighted by molar-refractivity contribution is -0.116. The maximum atomic E-state index is 12.5. The average molecular weight is 272 g/mol. The molecule has 1 aromatic carbocycles. The zero-order valence-electron chi connectivity index (χ0n) is 11.6. The zero-order valence-corrected chi connectivity index (χ0v) is 11.6. The van der Waals surface area contributed by atoms with Crippen LogP contribution >= 0.6 is 0 Å². The molecule has 0 radical (unpaired) electrons. The number of aryl methyl sites for hydroxylation is 1. The van der Waals surface area contributed by atoms with Gasteiger partial charge in [0.1, 0.15) is 0 Å². The van der Waals surface area contributed by atoms with Crippen LogP contribution in [-0.4, -0.2) is 24.8 Å². The Morgan fingerprint density at radius 3 is 2.75 bits per heavy atom. The molecule has 4 nitrogen and oxygen atoms in total. The second-order valence-corrected chi connectivity index (χ2v) is 5.66. The molecular weight excluding hydrogens is 252 g/mol. The van der Waals surface area contributed by atoms with Crippen molar-refractivity contribution in [1.82, 2.24) is 5.32 Å². The van der Waals surface area contributed by atoms with Crippen LogP contribution in [0.3, 0.4) is 0 Å². The predicted octanol–water partition coefficient (Wildman–Crippen LogP) is 2.14. The highest BCUT2D eigenvalue weighted by molar-refractivity contribution is 5.99. The normalized spacial score (nSPS) is 19.9. The zero-order chi connectivity index (χ0) is 13.9. The van der Waals surface area contributed by atoms with Crippen LogP contribution in [0.25, 0.3) is 0 Å². The monoisotopic (exact) mass is 272 g/mol. The van der Waals surface area contributed by atoms with Gasteiger partial charge in [0.05, 0.1) is 0 Å². The number of carbonyl (C=O) groups is 2. The van der Waals surface area contributed by atoms with Crippen molar-refractivity contribution >= 4 is 17.4 Å². The van der Waals surface area contributed by atoms with E-state index >= 15 is 0 Å². The summed E-state index contributed by atoms with van der Waals surface area (Å²) in [5.41, 5.74) is 2.76. The van der Waals surface area contributed by atoms with Gasteiger partial charge < -0.3 is 10.6 Å². The summed E-state index contributed by atoms with van der Waals surface area (Å²) in [5, 5.41) is 6.19. The van der Waals surface area contributed by atoms with Gasteiger partial charge >= 0.3 is 0 Å². The van der Waals surface area contributed by atoms with Gasteiger partial charge in [-0.1, -0.05) is 0 Å². The summed E-state index contributed by atoms with van der Waals surface area (Å²) >= 11 is 0. The van der Waals surface area contributed by atoms with Crippen LogP contribution < -0.4 is 10.6 Å². The molecule has 0 spiro atoms. The number of ketones is 1. The van der Waals surface area contributed by atoms with E-state index in [9.17, 15) is 9.59 Å². The average Bonchev–Trinajstić information content (AvgIpc) is 2.67. The minimum absolute atomic E-state index is 0.0705. The topological polar surface area (TPSA) is 58.2 Å². The summed E-state index contributed by atoms with van der Waals surface area (Å²) in [6.07, 6.45) is 4.12. The van der Waals surface area contributed by atoms with E-state index in [1.54, 1.807) is 0 Å². The van der Waals surface area contributed by atoms with E-state index < -0.39 is 0 Å². The van der Waals surface area contributed by atoms with Crippen molar-refractivity contribution < 1.29 is 9.59 Å². The SMILES string of the molecule is O=C1CCCc2cc(C(=O)C3CCNCC3)ccc2N1. The minimum Gasteiger partial charge on any atom is -0.326 e. The van der Waals surface area contributed by atoms with Gasteiger partial charge in [-0.15, -0.1) is 0 Å². The van der Waals surface area contributed by atoms with E-state index in [-0.39, 0.29) is 17.6 Å². The Balaban J connectivity index is 1.82. The number of piperidine rings is 1. The van der Waals surface area contributed by atoms with Crippen molar-refractivity contribution in [3.05, 3.63) is 29.3 Å². The number of anilines is 1. The quantitative estimate of drug-likeness (QED) is 0.811. The molecule has 0 saturated carbocycles. The molecule has 0 aliphatic carbocycles. The van der Waals surface area contributed by atoms with Crippen LogP contribution in [-0.2, 0) is 11.2 Å². The Kier molecular flexibility index (Phi) is 3.83.